The Morgan fingerprint density at radius 2 is 0.763 bits per heavy atom. The maximum atomic E-state index is 2.44. The van der Waals surface area contributed by atoms with Crippen LogP contribution in [0.5, 0.6) is 0 Å². The normalized spacial score (nSPS) is 11.4. The molecule has 0 saturated carbocycles. The Morgan fingerprint density at radius 1 is 0.237 bits per heavy atom. The third-order valence-electron chi connectivity index (χ3n) is 11.8. The Morgan fingerprint density at radius 3 is 1.53 bits per heavy atom. The van der Waals surface area contributed by atoms with Gasteiger partial charge in [0, 0.05) is 16.9 Å². The molecule has 276 valence electrons. The average molecular weight is 750 g/mol. The van der Waals surface area contributed by atoms with Crippen LogP contribution in [0.25, 0.3) is 87.6 Å². The molecule has 0 atom stereocenters. The highest BCUT2D eigenvalue weighted by Crippen LogP contribution is 2.48. The highest BCUT2D eigenvalue weighted by atomic mass is 15.1. The predicted octanol–water partition coefficient (Wildman–Crippen LogP) is 16.4. The third kappa shape index (κ3) is 6.21. The van der Waals surface area contributed by atoms with Crippen molar-refractivity contribution in [3.63, 3.8) is 0 Å². The fourth-order valence-corrected chi connectivity index (χ4v) is 9.00. The van der Waals surface area contributed by atoms with Gasteiger partial charge in [-0.3, -0.25) is 0 Å². The number of fused-ring (bicyclic) bond motifs is 5. The molecule has 0 fully saturated rings. The van der Waals surface area contributed by atoms with Gasteiger partial charge in [-0.2, -0.15) is 0 Å². The molecule has 0 aliphatic carbocycles. The summed E-state index contributed by atoms with van der Waals surface area (Å²) in [5, 5.41) is 9.93. The molecule has 59 heavy (non-hydrogen) atoms. The van der Waals surface area contributed by atoms with Crippen molar-refractivity contribution in [3.05, 3.63) is 237 Å². The quantitative estimate of drug-likeness (QED) is 0.147. The van der Waals surface area contributed by atoms with Crippen LogP contribution in [0, 0.1) is 0 Å². The molecule has 0 amide bonds. The van der Waals surface area contributed by atoms with E-state index in [1.165, 1.54) is 87.6 Å². The van der Waals surface area contributed by atoms with Crippen molar-refractivity contribution in [2.24, 2.45) is 0 Å². The number of rotatable bonds is 7. The first-order chi connectivity index (χ1) is 29.3. The molecule has 0 aromatic heterocycles. The van der Waals surface area contributed by atoms with E-state index in [0.29, 0.717) is 0 Å². The monoisotopic (exact) mass is 749 g/mol. The van der Waals surface area contributed by atoms with Crippen LogP contribution in [0.2, 0.25) is 0 Å². The smallest absolute Gasteiger partial charge is 0.0546 e. The van der Waals surface area contributed by atoms with Gasteiger partial charge in [0.15, 0.2) is 0 Å². The summed E-state index contributed by atoms with van der Waals surface area (Å²) in [6, 6.07) is 86.4. The van der Waals surface area contributed by atoms with Crippen LogP contribution in [0.3, 0.4) is 0 Å². The minimum atomic E-state index is 1.09. The van der Waals surface area contributed by atoms with Crippen molar-refractivity contribution >= 4 is 60.2 Å². The summed E-state index contributed by atoms with van der Waals surface area (Å²) in [5.74, 6) is 0. The number of benzene rings is 11. The second kappa shape index (κ2) is 14.6. The van der Waals surface area contributed by atoms with Crippen LogP contribution >= 0.6 is 0 Å². The van der Waals surface area contributed by atoms with Crippen molar-refractivity contribution in [2.45, 2.75) is 0 Å². The molecule has 0 N–H and O–H groups in total. The number of anilines is 3. The van der Waals surface area contributed by atoms with E-state index in [4.69, 9.17) is 0 Å². The van der Waals surface area contributed by atoms with Crippen LogP contribution in [0.1, 0.15) is 0 Å². The molecule has 0 heterocycles. The van der Waals surface area contributed by atoms with Gasteiger partial charge in [-0.25, -0.2) is 0 Å². The predicted molar refractivity (Wildman–Crippen MR) is 253 cm³/mol. The highest BCUT2D eigenvalue weighted by Gasteiger charge is 2.23. The van der Waals surface area contributed by atoms with Crippen LogP contribution in [-0.2, 0) is 0 Å². The Bertz CT molecular complexity index is 3300. The molecule has 1 heteroatoms. The van der Waals surface area contributed by atoms with Gasteiger partial charge in [0.1, 0.15) is 0 Å². The Hall–Kier alpha value is -7.74. The molecule has 1 nitrogen and oxygen atoms in total. The van der Waals surface area contributed by atoms with Crippen LogP contribution in [-0.4, -0.2) is 0 Å². The van der Waals surface area contributed by atoms with E-state index in [-0.39, 0.29) is 0 Å². The summed E-state index contributed by atoms with van der Waals surface area (Å²) in [6.07, 6.45) is 0. The molecule has 0 aliphatic heterocycles. The average Bonchev–Trinajstić information content (AvgIpc) is 3.32. The largest absolute Gasteiger partial charge is 0.310 e. The van der Waals surface area contributed by atoms with Crippen molar-refractivity contribution in [2.75, 3.05) is 4.90 Å². The zero-order valence-electron chi connectivity index (χ0n) is 32.5. The van der Waals surface area contributed by atoms with Crippen molar-refractivity contribution in [1.82, 2.24) is 0 Å². The molecular formula is C58H39N. The zero-order valence-corrected chi connectivity index (χ0v) is 32.5. The van der Waals surface area contributed by atoms with Crippen molar-refractivity contribution in [1.29, 1.82) is 0 Å². The van der Waals surface area contributed by atoms with Crippen molar-refractivity contribution in [3.8, 4) is 44.5 Å². The van der Waals surface area contributed by atoms with E-state index in [9.17, 15) is 0 Å². The van der Waals surface area contributed by atoms with Gasteiger partial charge in [0.25, 0.3) is 0 Å². The van der Waals surface area contributed by atoms with Gasteiger partial charge < -0.3 is 4.90 Å². The molecule has 11 aromatic carbocycles. The first kappa shape index (κ1) is 34.5. The molecule has 0 bridgehead atoms. The van der Waals surface area contributed by atoms with Gasteiger partial charge in [-0.1, -0.05) is 194 Å². The topological polar surface area (TPSA) is 3.24 Å². The van der Waals surface area contributed by atoms with Gasteiger partial charge in [0.05, 0.1) is 5.69 Å². The Balaban J connectivity index is 1.17. The first-order valence-electron chi connectivity index (χ1n) is 20.3. The fraction of sp³-hybridized carbons (Fsp3) is 0. The molecule has 0 aliphatic rings. The van der Waals surface area contributed by atoms with Crippen molar-refractivity contribution < 1.29 is 0 Å². The standard InChI is InChI=1S/C58H39N/c1-2-14-40(15-3-1)42-30-34-48(35-31-42)59(49-36-32-44(33-37-49)51-25-12-20-43-17-6-8-21-50(43)51)57-27-13-26-55(58(57)47-29-28-41-16-4-5-18-45(41)38-47)56-39-46-19-7-9-22-52(46)53-23-10-11-24-54(53)56/h1-39H. The maximum Gasteiger partial charge on any atom is 0.0546 e. The summed E-state index contributed by atoms with van der Waals surface area (Å²) in [5.41, 5.74) is 12.9. The van der Waals surface area contributed by atoms with Crippen LogP contribution in [0.15, 0.2) is 237 Å². The summed E-state index contributed by atoms with van der Waals surface area (Å²) in [7, 11) is 0. The first-order valence-corrected chi connectivity index (χ1v) is 20.3. The molecule has 0 saturated heterocycles. The van der Waals surface area contributed by atoms with Gasteiger partial charge in [-0.05, 0) is 124 Å². The van der Waals surface area contributed by atoms with Gasteiger partial charge in [0.2, 0.25) is 0 Å². The number of hydrogen-bond acceptors (Lipinski definition) is 1. The summed E-state index contributed by atoms with van der Waals surface area (Å²) >= 11 is 0. The lowest BCUT2D eigenvalue weighted by atomic mass is 9.87. The number of hydrogen-bond donors (Lipinski definition) is 0. The van der Waals surface area contributed by atoms with E-state index in [0.717, 1.165) is 17.1 Å². The van der Waals surface area contributed by atoms with E-state index in [2.05, 4.69) is 241 Å². The van der Waals surface area contributed by atoms with Crippen LogP contribution < -0.4 is 4.90 Å². The number of nitrogens with zero attached hydrogens (tertiary/aromatic N) is 1. The molecule has 0 unspecified atom stereocenters. The second-order valence-corrected chi connectivity index (χ2v) is 15.3. The lowest BCUT2D eigenvalue weighted by Crippen LogP contribution is -2.12. The van der Waals surface area contributed by atoms with Gasteiger partial charge >= 0.3 is 0 Å². The van der Waals surface area contributed by atoms with E-state index in [1.807, 2.05) is 0 Å². The Kier molecular flexibility index (Phi) is 8.56. The minimum absolute atomic E-state index is 1.09. The lowest BCUT2D eigenvalue weighted by Gasteiger charge is -2.30. The summed E-state index contributed by atoms with van der Waals surface area (Å²) in [6.45, 7) is 0. The molecule has 11 rings (SSSR count). The third-order valence-corrected chi connectivity index (χ3v) is 11.8. The zero-order chi connectivity index (χ0) is 39.1. The van der Waals surface area contributed by atoms with Gasteiger partial charge in [-0.15, -0.1) is 0 Å². The van der Waals surface area contributed by atoms with E-state index in [1.54, 1.807) is 0 Å². The maximum absolute atomic E-state index is 2.44. The van der Waals surface area contributed by atoms with E-state index >= 15 is 0 Å². The summed E-state index contributed by atoms with van der Waals surface area (Å²) in [4.78, 5) is 2.44. The SMILES string of the molecule is c1ccc(-c2ccc(N(c3ccc(-c4cccc5ccccc45)cc3)c3cccc(-c4cc5ccccc5c5ccccc45)c3-c3ccc4ccccc4c3)cc2)cc1. The molecule has 0 spiro atoms. The van der Waals surface area contributed by atoms with Crippen LogP contribution in [0.4, 0.5) is 17.1 Å². The molecule has 11 aromatic rings. The fourth-order valence-electron chi connectivity index (χ4n) is 9.00. The molecule has 0 radical (unpaired) electrons. The molecular weight excluding hydrogens is 711 g/mol. The summed E-state index contributed by atoms with van der Waals surface area (Å²) < 4.78 is 0. The highest BCUT2D eigenvalue weighted by molar-refractivity contribution is 6.16. The lowest BCUT2D eigenvalue weighted by molar-refractivity contribution is 1.28. The Labute approximate surface area is 344 Å². The second-order valence-electron chi connectivity index (χ2n) is 15.3. The minimum Gasteiger partial charge on any atom is -0.310 e. The van der Waals surface area contributed by atoms with E-state index < -0.39 is 0 Å².